The highest BCUT2D eigenvalue weighted by molar-refractivity contribution is 7.99. The second kappa shape index (κ2) is 11.6. The second-order valence-electron chi connectivity index (χ2n) is 8.30. The minimum atomic E-state index is -0.535. The van der Waals surface area contributed by atoms with E-state index in [2.05, 4.69) is 36.5 Å². The third-order valence-corrected chi connectivity index (χ3v) is 6.95. The maximum atomic E-state index is 13.2. The molecule has 1 saturated carbocycles. The van der Waals surface area contributed by atoms with Gasteiger partial charge in [0.25, 0.3) is 0 Å². The lowest BCUT2D eigenvalue weighted by molar-refractivity contribution is -0.138. The number of thioether (sulfide) groups is 1. The van der Waals surface area contributed by atoms with E-state index >= 15 is 0 Å². The topological polar surface area (TPSA) is 49.4 Å². The molecule has 2 aromatic carbocycles. The maximum Gasteiger partial charge on any atom is 0.242 e. The first-order chi connectivity index (χ1) is 14.9. The molecule has 0 heterocycles. The van der Waals surface area contributed by atoms with Crippen LogP contribution in [0.25, 0.3) is 0 Å². The largest absolute Gasteiger partial charge is 0.352 e. The normalized spacial score (nSPS) is 14.9. The van der Waals surface area contributed by atoms with Gasteiger partial charge in [-0.3, -0.25) is 9.59 Å². The molecule has 1 fully saturated rings. The number of rotatable bonds is 9. The van der Waals surface area contributed by atoms with Gasteiger partial charge in [-0.05, 0) is 49.9 Å². The molecule has 2 aromatic rings. The van der Waals surface area contributed by atoms with Crippen molar-refractivity contribution in [2.75, 3.05) is 5.75 Å². The summed E-state index contributed by atoms with van der Waals surface area (Å²) in [4.78, 5) is 27.7. The number of carbonyl (C=O) groups excluding carboxylic acids is 2. The minimum Gasteiger partial charge on any atom is -0.352 e. The fourth-order valence-electron chi connectivity index (χ4n) is 3.83. The van der Waals surface area contributed by atoms with Crippen molar-refractivity contribution in [2.45, 2.75) is 63.9 Å². The van der Waals surface area contributed by atoms with Crippen molar-refractivity contribution in [3.8, 4) is 0 Å². The van der Waals surface area contributed by atoms with Crippen LogP contribution in [0, 0.1) is 6.92 Å². The van der Waals surface area contributed by atoms with Gasteiger partial charge in [0.05, 0.1) is 5.75 Å². The fourth-order valence-corrected chi connectivity index (χ4v) is 4.91. The van der Waals surface area contributed by atoms with Crippen LogP contribution in [0.2, 0.25) is 5.02 Å². The first-order valence-corrected chi connectivity index (χ1v) is 12.4. The predicted molar refractivity (Wildman–Crippen MR) is 129 cm³/mol. The standard InChI is InChI=1S/C25H31ClN2O2S/c1-18-10-12-20(13-11-18)16-31-17-24(29)28(15-21-6-5-7-22(26)14-21)19(2)25(30)27-23-8-3-4-9-23/h5-7,10-14,19,23H,3-4,8-9,15-17H2,1-2H3,(H,27,30)/t19-/m0/s1. The van der Waals surface area contributed by atoms with Crippen molar-refractivity contribution >= 4 is 35.2 Å². The summed E-state index contributed by atoms with van der Waals surface area (Å²) in [7, 11) is 0. The van der Waals surface area contributed by atoms with Gasteiger partial charge < -0.3 is 10.2 Å². The van der Waals surface area contributed by atoms with Gasteiger partial charge in [-0.1, -0.05) is 66.4 Å². The van der Waals surface area contributed by atoms with Crippen molar-refractivity contribution in [2.24, 2.45) is 0 Å². The Labute approximate surface area is 194 Å². The average molecular weight is 459 g/mol. The van der Waals surface area contributed by atoms with Crippen LogP contribution < -0.4 is 5.32 Å². The number of carbonyl (C=O) groups is 2. The van der Waals surface area contributed by atoms with Crippen LogP contribution in [0.4, 0.5) is 0 Å². The fraction of sp³-hybridized carbons (Fsp3) is 0.440. The Kier molecular flexibility index (Phi) is 8.85. The molecule has 0 aromatic heterocycles. The molecule has 31 heavy (non-hydrogen) atoms. The van der Waals surface area contributed by atoms with E-state index in [1.54, 1.807) is 16.7 Å². The van der Waals surface area contributed by atoms with E-state index in [1.807, 2.05) is 31.2 Å². The lowest BCUT2D eigenvalue weighted by atomic mass is 10.1. The van der Waals surface area contributed by atoms with Crippen LogP contribution in [-0.4, -0.2) is 34.6 Å². The summed E-state index contributed by atoms with van der Waals surface area (Å²) in [6.07, 6.45) is 4.35. The van der Waals surface area contributed by atoms with Crippen LogP contribution >= 0.6 is 23.4 Å². The molecule has 6 heteroatoms. The van der Waals surface area contributed by atoms with E-state index in [-0.39, 0.29) is 17.9 Å². The second-order valence-corrected chi connectivity index (χ2v) is 9.72. The molecule has 0 spiro atoms. The minimum absolute atomic E-state index is 0.0360. The van der Waals surface area contributed by atoms with E-state index in [9.17, 15) is 9.59 Å². The van der Waals surface area contributed by atoms with E-state index in [0.717, 1.165) is 37.0 Å². The summed E-state index contributed by atoms with van der Waals surface area (Å²) in [6, 6.07) is 15.5. The number of hydrogen-bond donors (Lipinski definition) is 1. The number of nitrogens with one attached hydrogen (secondary N) is 1. The molecule has 4 nitrogen and oxygen atoms in total. The van der Waals surface area contributed by atoms with Gasteiger partial charge in [0.1, 0.15) is 6.04 Å². The molecule has 0 radical (unpaired) electrons. The molecule has 0 bridgehead atoms. The van der Waals surface area contributed by atoms with Gasteiger partial charge in [-0.2, -0.15) is 0 Å². The molecule has 1 atom stereocenters. The molecule has 2 amide bonds. The van der Waals surface area contributed by atoms with Crippen LogP contribution in [0.5, 0.6) is 0 Å². The summed E-state index contributed by atoms with van der Waals surface area (Å²) in [5.74, 6) is 0.979. The predicted octanol–water partition coefficient (Wildman–Crippen LogP) is 5.36. The highest BCUT2D eigenvalue weighted by atomic mass is 35.5. The molecular formula is C25H31ClN2O2S. The molecule has 166 valence electrons. The summed E-state index contributed by atoms with van der Waals surface area (Å²) in [5.41, 5.74) is 3.33. The number of hydrogen-bond acceptors (Lipinski definition) is 3. The van der Waals surface area contributed by atoms with Gasteiger partial charge in [0.2, 0.25) is 11.8 Å². The summed E-state index contributed by atoms with van der Waals surface area (Å²) in [6.45, 7) is 4.24. The number of aryl methyl sites for hydroxylation is 1. The first-order valence-electron chi connectivity index (χ1n) is 10.9. The summed E-state index contributed by atoms with van der Waals surface area (Å²) >= 11 is 7.71. The van der Waals surface area contributed by atoms with Crippen LogP contribution in [0.3, 0.4) is 0 Å². The van der Waals surface area contributed by atoms with Crippen molar-refractivity contribution in [1.29, 1.82) is 0 Å². The monoisotopic (exact) mass is 458 g/mol. The number of benzene rings is 2. The van der Waals surface area contributed by atoms with E-state index < -0.39 is 6.04 Å². The Hall–Kier alpha value is -1.98. The van der Waals surface area contributed by atoms with E-state index in [1.165, 1.54) is 11.1 Å². The molecule has 1 aliphatic rings. The number of nitrogens with zero attached hydrogens (tertiary/aromatic N) is 1. The van der Waals surface area contributed by atoms with Gasteiger partial charge >= 0.3 is 0 Å². The highest BCUT2D eigenvalue weighted by Gasteiger charge is 2.28. The SMILES string of the molecule is Cc1ccc(CSCC(=O)N(Cc2cccc(Cl)c2)[C@@H](C)C(=O)NC2CCCC2)cc1. The summed E-state index contributed by atoms with van der Waals surface area (Å²) < 4.78 is 0. The zero-order valence-electron chi connectivity index (χ0n) is 18.3. The quantitative estimate of drug-likeness (QED) is 0.550. The van der Waals surface area contributed by atoms with E-state index in [4.69, 9.17) is 11.6 Å². The lowest BCUT2D eigenvalue weighted by Gasteiger charge is -2.29. The zero-order chi connectivity index (χ0) is 22.2. The Morgan fingerprint density at radius 3 is 2.52 bits per heavy atom. The summed E-state index contributed by atoms with van der Waals surface area (Å²) in [5, 5.41) is 3.76. The van der Waals surface area contributed by atoms with Crippen LogP contribution in [0.1, 0.15) is 49.3 Å². The van der Waals surface area contributed by atoms with Crippen molar-refractivity contribution in [3.63, 3.8) is 0 Å². The molecule has 1 N–H and O–H groups in total. The van der Waals surface area contributed by atoms with Crippen molar-refractivity contribution < 1.29 is 9.59 Å². The molecule has 1 aliphatic carbocycles. The third-order valence-electron chi connectivity index (χ3n) is 5.73. The number of halogens is 1. The average Bonchev–Trinajstić information content (AvgIpc) is 3.26. The van der Waals surface area contributed by atoms with Gasteiger partial charge in [0.15, 0.2) is 0 Å². The van der Waals surface area contributed by atoms with Crippen LogP contribution in [0.15, 0.2) is 48.5 Å². The number of amides is 2. The highest BCUT2D eigenvalue weighted by Crippen LogP contribution is 2.20. The van der Waals surface area contributed by atoms with Crippen LogP contribution in [-0.2, 0) is 21.9 Å². The lowest BCUT2D eigenvalue weighted by Crippen LogP contribution is -2.50. The Morgan fingerprint density at radius 1 is 1.13 bits per heavy atom. The van der Waals surface area contributed by atoms with Crippen molar-refractivity contribution in [3.05, 3.63) is 70.2 Å². The zero-order valence-corrected chi connectivity index (χ0v) is 19.8. The molecular weight excluding hydrogens is 428 g/mol. The first kappa shape index (κ1) is 23.7. The Morgan fingerprint density at radius 2 is 1.84 bits per heavy atom. The maximum absolute atomic E-state index is 13.2. The molecule has 3 rings (SSSR count). The van der Waals surface area contributed by atoms with Gasteiger partial charge in [-0.25, -0.2) is 0 Å². The van der Waals surface area contributed by atoms with Gasteiger partial charge in [0, 0.05) is 23.4 Å². The molecule has 0 saturated heterocycles. The molecule has 0 aliphatic heterocycles. The van der Waals surface area contributed by atoms with E-state index in [0.29, 0.717) is 17.3 Å². The Balaban J connectivity index is 1.65. The van der Waals surface area contributed by atoms with Crippen molar-refractivity contribution in [1.82, 2.24) is 10.2 Å². The third kappa shape index (κ3) is 7.29. The Bertz CT molecular complexity index is 881. The van der Waals surface area contributed by atoms with Gasteiger partial charge in [-0.15, -0.1) is 11.8 Å². The smallest absolute Gasteiger partial charge is 0.242 e. The molecule has 0 unspecified atom stereocenters.